The van der Waals surface area contributed by atoms with Crippen molar-refractivity contribution in [2.24, 2.45) is 17.6 Å². The first-order chi connectivity index (χ1) is 10.5. The lowest BCUT2D eigenvalue weighted by Gasteiger charge is -2.20. The summed E-state index contributed by atoms with van der Waals surface area (Å²) in [6.07, 6.45) is 2.21. The summed E-state index contributed by atoms with van der Waals surface area (Å²) in [7, 11) is 3.15. The highest BCUT2D eigenvalue weighted by Gasteiger charge is 2.42. The van der Waals surface area contributed by atoms with Crippen LogP contribution < -0.4 is 15.2 Å². The number of fused-ring (bicyclic) bond motifs is 1. The molecule has 2 fully saturated rings. The second-order valence-electron chi connectivity index (χ2n) is 6.07. The number of methoxy groups -OCH3 is 2. The Morgan fingerprint density at radius 2 is 1.83 bits per heavy atom. The van der Waals surface area contributed by atoms with E-state index in [1.807, 2.05) is 4.90 Å². The van der Waals surface area contributed by atoms with Gasteiger partial charge < -0.3 is 20.1 Å². The van der Waals surface area contributed by atoms with E-state index in [0.29, 0.717) is 28.9 Å². The summed E-state index contributed by atoms with van der Waals surface area (Å²) in [5, 5.41) is 0. The Bertz CT molecular complexity index is 574. The van der Waals surface area contributed by atoms with E-state index in [1.54, 1.807) is 26.4 Å². The van der Waals surface area contributed by atoms with Gasteiger partial charge in [0.1, 0.15) is 16.0 Å². The monoisotopic (exact) mass is 404 g/mol. The Morgan fingerprint density at radius 1 is 1.22 bits per heavy atom. The second-order valence-corrected chi connectivity index (χ2v) is 6.86. The Hall–Kier alpha value is -0.980. The number of benzene rings is 1. The molecule has 0 radical (unpaired) electrons. The molecule has 0 aromatic heterocycles. The molecule has 1 aliphatic carbocycles. The first kappa shape index (κ1) is 18.4. The first-order valence-electron chi connectivity index (χ1n) is 7.51. The van der Waals surface area contributed by atoms with Gasteiger partial charge in [0.05, 0.1) is 14.2 Å². The summed E-state index contributed by atoms with van der Waals surface area (Å²) in [6.45, 7) is 1.56. The average molecular weight is 406 g/mol. The maximum absolute atomic E-state index is 12.8. The minimum Gasteiger partial charge on any atom is -0.495 e. The summed E-state index contributed by atoms with van der Waals surface area (Å²) in [4.78, 5) is 14.7. The zero-order chi connectivity index (χ0) is 15.9. The molecule has 0 bridgehead atoms. The number of carbonyl (C=O) groups is 1. The molecular weight excluding hydrogens is 384 g/mol. The summed E-state index contributed by atoms with van der Waals surface area (Å²) in [6, 6.07) is 3.74. The van der Waals surface area contributed by atoms with E-state index in [9.17, 15) is 4.79 Å². The minimum atomic E-state index is 0. The van der Waals surface area contributed by atoms with Crippen molar-refractivity contribution in [1.29, 1.82) is 0 Å². The number of carbonyl (C=O) groups excluding carboxylic acids is 1. The van der Waals surface area contributed by atoms with Crippen LogP contribution in [0.5, 0.6) is 11.5 Å². The summed E-state index contributed by atoms with van der Waals surface area (Å²) in [5.41, 5.74) is 6.74. The molecule has 128 valence electrons. The van der Waals surface area contributed by atoms with Crippen LogP contribution in [-0.4, -0.2) is 44.2 Å². The van der Waals surface area contributed by atoms with E-state index in [4.69, 9.17) is 15.2 Å². The van der Waals surface area contributed by atoms with Gasteiger partial charge in [0, 0.05) is 24.7 Å². The van der Waals surface area contributed by atoms with Crippen molar-refractivity contribution in [3.8, 4) is 11.5 Å². The van der Waals surface area contributed by atoms with Gasteiger partial charge in [-0.25, -0.2) is 0 Å². The number of rotatable bonds is 3. The fourth-order valence-electron chi connectivity index (χ4n) is 3.65. The zero-order valence-corrected chi connectivity index (χ0v) is 15.7. The molecule has 2 N–H and O–H groups in total. The van der Waals surface area contributed by atoms with Crippen molar-refractivity contribution in [2.45, 2.75) is 18.9 Å². The molecule has 7 heteroatoms. The number of halogens is 2. The summed E-state index contributed by atoms with van der Waals surface area (Å²) < 4.78 is 11.3. The van der Waals surface area contributed by atoms with E-state index < -0.39 is 0 Å². The molecule has 1 saturated carbocycles. The molecule has 1 aliphatic heterocycles. The molecule has 1 heterocycles. The maximum Gasteiger partial charge on any atom is 0.254 e. The minimum absolute atomic E-state index is 0. The molecule has 0 spiro atoms. The Balaban J connectivity index is 0.00000192. The third kappa shape index (κ3) is 3.30. The zero-order valence-electron chi connectivity index (χ0n) is 13.3. The van der Waals surface area contributed by atoms with Crippen molar-refractivity contribution in [1.82, 2.24) is 4.90 Å². The molecule has 1 aromatic rings. The third-order valence-corrected chi connectivity index (χ3v) is 5.67. The van der Waals surface area contributed by atoms with Gasteiger partial charge in [-0.05, 0) is 52.7 Å². The highest BCUT2D eigenvalue weighted by molar-refractivity contribution is 9.10. The smallest absolute Gasteiger partial charge is 0.254 e. The SMILES string of the molecule is COc1cc(C(=O)N2CC3CCC(N)C3C2)cc(OC)c1Br.Cl. The van der Waals surface area contributed by atoms with Crippen molar-refractivity contribution in [2.75, 3.05) is 27.3 Å². The van der Waals surface area contributed by atoms with Crippen LogP contribution in [0.25, 0.3) is 0 Å². The Kier molecular flexibility index (Phi) is 5.81. The quantitative estimate of drug-likeness (QED) is 0.840. The van der Waals surface area contributed by atoms with Gasteiger partial charge in [-0.2, -0.15) is 0 Å². The van der Waals surface area contributed by atoms with E-state index in [-0.39, 0.29) is 24.4 Å². The third-order valence-electron chi connectivity index (χ3n) is 4.89. The summed E-state index contributed by atoms with van der Waals surface area (Å²) in [5.74, 6) is 2.21. The van der Waals surface area contributed by atoms with Crippen molar-refractivity contribution < 1.29 is 14.3 Å². The topological polar surface area (TPSA) is 64.8 Å². The van der Waals surface area contributed by atoms with Crippen LogP contribution in [0.2, 0.25) is 0 Å². The summed E-state index contributed by atoms with van der Waals surface area (Å²) >= 11 is 3.42. The van der Waals surface area contributed by atoms with Crippen LogP contribution >= 0.6 is 28.3 Å². The van der Waals surface area contributed by atoms with Gasteiger partial charge in [0.2, 0.25) is 0 Å². The predicted molar refractivity (Wildman–Crippen MR) is 94.6 cm³/mol. The number of amides is 1. The molecule has 23 heavy (non-hydrogen) atoms. The second kappa shape index (κ2) is 7.28. The Labute approximate surface area is 151 Å². The van der Waals surface area contributed by atoms with Crippen LogP contribution in [0.3, 0.4) is 0 Å². The van der Waals surface area contributed by atoms with Crippen LogP contribution in [0.15, 0.2) is 16.6 Å². The lowest BCUT2D eigenvalue weighted by Crippen LogP contribution is -2.33. The van der Waals surface area contributed by atoms with E-state index >= 15 is 0 Å². The predicted octanol–water partition coefficient (Wildman–Crippen LogP) is 2.70. The fourth-order valence-corrected chi connectivity index (χ4v) is 4.20. The molecule has 5 nitrogen and oxygen atoms in total. The van der Waals surface area contributed by atoms with Crippen LogP contribution in [-0.2, 0) is 0 Å². The van der Waals surface area contributed by atoms with Crippen molar-refractivity contribution in [3.05, 3.63) is 22.2 Å². The average Bonchev–Trinajstić information content (AvgIpc) is 3.09. The van der Waals surface area contributed by atoms with Gasteiger partial charge >= 0.3 is 0 Å². The number of nitrogens with two attached hydrogens (primary N) is 1. The number of ether oxygens (including phenoxy) is 2. The number of nitrogens with zero attached hydrogens (tertiary/aromatic N) is 1. The van der Waals surface area contributed by atoms with Gasteiger partial charge in [-0.1, -0.05) is 0 Å². The van der Waals surface area contributed by atoms with Gasteiger partial charge in [0.25, 0.3) is 5.91 Å². The van der Waals surface area contributed by atoms with Gasteiger partial charge in [-0.3, -0.25) is 4.79 Å². The van der Waals surface area contributed by atoms with Gasteiger partial charge in [0.15, 0.2) is 0 Å². The van der Waals surface area contributed by atoms with Crippen LogP contribution in [0.4, 0.5) is 0 Å². The molecule has 1 amide bonds. The molecule has 3 atom stereocenters. The van der Waals surface area contributed by atoms with E-state index in [2.05, 4.69) is 15.9 Å². The van der Waals surface area contributed by atoms with E-state index in [0.717, 1.165) is 30.4 Å². The molecule has 1 saturated heterocycles. The molecular formula is C16H22BrClN2O3. The van der Waals surface area contributed by atoms with Crippen LogP contribution in [0, 0.1) is 11.8 Å². The highest BCUT2D eigenvalue weighted by Crippen LogP contribution is 2.39. The lowest BCUT2D eigenvalue weighted by atomic mass is 9.98. The maximum atomic E-state index is 12.8. The van der Waals surface area contributed by atoms with E-state index in [1.165, 1.54) is 0 Å². The number of likely N-dealkylation sites (tertiary alicyclic amines) is 1. The molecule has 3 rings (SSSR count). The molecule has 3 unspecified atom stereocenters. The Morgan fingerprint density at radius 3 is 2.35 bits per heavy atom. The van der Waals surface area contributed by atoms with Crippen LogP contribution in [0.1, 0.15) is 23.2 Å². The van der Waals surface area contributed by atoms with Crippen molar-refractivity contribution in [3.63, 3.8) is 0 Å². The lowest BCUT2D eigenvalue weighted by molar-refractivity contribution is 0.0779. The normalized spacial score (nSPS) is 25.7. The van der Waals surface area contributed by atoms with Crippen molar-refractivity contribution >= 4 is 34.2 Å². The first-order valence-corrected chi connectivity index (χ1v) is 8.30. The standard InChI is InChI=1S/C16H21BrN2O3.ClH/c1-21-13-5-10(6-14(22-2)15(13)17)16(20)19-7-9-3-4-12(18)11(9)8-19;/h5-6,9,11-12H,3-4,7-8,18H2,1-2H3;1H. The number of hydrogen-bond acceptors (Lipinski definition) is 4. The highest BCUT2D eigenvalue weighted by atomic mass is 79.9. The number of hydrogen-bond donors (Lipinski definition) is 1. The fraction of sp³-hybridized carbons (Fsp3) is 0.562. The molecule has 1 aromatic carbocycles. The largest absolute Gasteiger partial charge is 0.495 e. The van der Waals surface area contributed by atoms with Gasteiger partial charge in [-0.15, -0.1) is 12.4 Å². The molecule has 2 aliphatic rings.